The molecule has 0 amide bonds. The predicted molar refractivity (Wildman–Crippen MR) is 82.6 cm³/mol. The lowest BCUT2D eigenvalue weighted by Crippen LogP contribution is -2.12. The van der Waals surface area contributed by atoms with Gasteiger partial charge in [-0.1, -0.05) is 6.07 Å². The Bertz CT molecular complexity index is 687. The van der Waals surface area contributed by atoms with Crippen LogP contribution in [0.15, 0.2) is 18.2 Å². The molecule has 4 nitrogen and oxygen atoms in total. The van der Waals surface area contributed by atoms with E-state index in [2.05, 4.69) is 43.5 Å². The Hall–Kier alpha value is -1.84. The number of carboxylic acids is 1. The number of fused-ring (bicyclic) bond motifs is 1. The van der Waals surface area contributed by atoms with E-state index in [1.165, 1.54) is 5.56 Å². The van der Waals surface area contributed by atoms with Crippen molar-refractivity contribution in [3.05, 3.63) is 29.6 Å². The Labute approximate surface area is 124 Å². The van der Waals surface area contributed by atoms with Crippen LogP contribution in [0, 0.1) is 12.8 Å². The van der Waals surface area contributed by atoms with E-state index in [-0.39, 0.29) is 11.8 Å². The van der Waals surface area contributed by atoms with E-state index in [9.17, 15) is 9.90 Å². The molecule has 1 N–H and O–H groups in total. The van der Waals surface area contributed by atoms with Crippen molar-refractivity contribution >= 4 is 17.0 Å². The molecular formula is C17H22N2O2. The van der Waals surface area contributed by atoms with Crippen LogP contribution < -0.4 is 0 Å². The zero-order valence-electron chi connectivity index (χ0n) is 12.8. The summed E-state index contributed by atoms with van der Waals surface area (Å²) in [4.78, 5) is 16.0. The first-order chi connectivity index (χ1) is 9.97. The van der Waals surface area contributed by atoms with Gasteiger partial charge in [0.05, 0.1) is 17.0 Å². The van der Waals surface area contributed by atoms with Gasteiger partial charge in [0.15, 0.2) is 0 Å². The summed E-state index contributed by atoms with van der Waals surface area (Å²) in [6, 6.07) is 6.68. The highest BCUT2D eigenvalue weighted by Gasteiger charge is 2.33. The van der Waals surface area contributed by atoms with E-state index in [4.69, 9.17) is 4.98 Å². The fourth-order valence-corrected chi connectivity index (χ4v) is 3.50. The van der Waals surface area contributed by atoms with Crippen molar-refractivity contribution in [1.29, 1.82) is 0 Å². The highest BCUT2D eigenvalue weighted by Crippen LogP contribution is 2.40. The van der Waals surface area contributed by atoms with Gasteiger partial charge in [-0.05, 0) is 57.7 Å². The lowest BCUT2D eigenvalue weighted by atomic mass is 10.0. The molecule has 1 fully saturated rings. The second-order valence-electron chi connectivity index (χ2n) is 6.47. The maximum atomic E-state index is 11.2. The Kier molecular flexibility index (Phi) is 3.47. The van der Waals surface area contributed by atoms with Crippen LogP contribution in [0.4, 0.5) is 0 Å². The number of aromatic nitrogens is 2. The van der Waals surface area contributed by atoms with E-state index in [1.54, 1.807) is 0 Å². The van der Waals surface area contributed by atoms with Crippen molar-refractivity contribution in [3.8, 4) is 0 Å². The van der Waals surface area contributed by atoms with Crippen LogP contribution in [0.2, 0.25) is 0 Å². The van der Waals surface area contributed by atoms with Crippen LogP contribution in [-0.4, -0.2) is 20.6 Å². The van der Waals surface area contributed by atoms with E-state index in [1.807, 2.05) is 0 Å². The fourth-order valence-electron chi connectivity index (χ4n) is 3.50. The average molecular weight is 286 g/mol. The number of hydrogen-bond acceptors (Lipinski definition) is 2. The van der Waals surface area contributed by atoms with Crippen LogP contribution >= 0.6 is 0 Å². The first kappa shape index (κ1) is 14.1. The molecule has 0 aliphatic heterocycles. The van der Waals surface area contributed by atoms with Crippen LogP contribution in [0.1, 0.15) is 56.5 Å². The minimum atomic E-state index is -0.666. The molecule has 1 aliphatic rings. The fraction of sp³-hybridized carbons (Fsp3) is 0.529. The van der Waals surface area contributed by atoms with Gasteiger partial charge in [0, 0.05) is 12.0 Å². The first-order valence-electron chi connectivity index (χ1n) is 7.68. The molecule has 112 valence electrons. The van der Waals surface area contributed by atoms with E-state index >= 15 is 0 Å². The second-order valence-corrected chi connectivity index (χ2v) is 6.47. The Balaban J connectivity index is 2.06. The van der Waals surface area contributed by atoms with Crippen LogP contribution in [0.3, 0.4) is 0 Å². The standard InChI is InChI=1S/C17H22N2O2/c1-10(2)19-15-7-4-11(3)8-14(15)18-16(19)12-5-6-13(9-12)17(20)21/h4,7-8,10,12-13H,5-6,9H2,1-3H3,(H,20,21). The van der Waals surface area contributed by atoms with Crippen LogP contribution in [0.5, 0.6) is 0 Å². The average Bonchev–Trinajstić information content (AvgIpc) is 3.01. The summed E-state index contributed by atoms with van der Waals surface area (Å²) >= 11 is 0. The number of carbonyl (C=O) groups is 1. The number of benzene rings is 1. The third kappa shape index (κ3) is 2.43. The number of hydrogen-bond donors (Lipinski definition) is 1. The Morgan fingerprint density at radius 2 is 2.14 bits per heavy atom. The van der Waals surface area contributed by atoms with E-state index in [0.29, 0.717) is 12.5 Å². The maximum Gasteiger partial charge on any atom is 0.306 e. The minimum Gasteiger partial charge on any atom is -0.481 e. The monoisotopic (exact) mass is 286 g/mol. The van der Waals surface area contributed by atoms with Gasteiger partial charge in [-0.2, -0.15) is 0 Å². The van der Waals surface area contributed by atoms with Crippen molar-refractivity contribution in [1.82, 2.24) is 9.55 Å². The number of rotatable bonds is 3. The molecule has 2 unspecified atom stereocenters. The minimum absolute atomic E-state index is 0.211. The van der Waals surface area contributed by atoms with Crippen LogP contribution in [-0.2, 0) is 4.79 Å². The summed E-state index contributed by atoms with van der Waals surface area (Å²) < 4.78 is 2.28. The Morgan fingerprint density at radius 3 is 2.76 bits per heavy atom. The zero-order valence-corrected chi connectivity index (χ0v) is 12.8. The van der Waals surface area contributed by atoms with Crippen molar-refractivity contribution in [2.24, 2.45) is 5.92 Å². The molecule has 0 saturated heterocycles. The largest absolute Gasteiger partial charge is 0.481 e. The van der Waals surface area contributed by atoms with Crippen molar-refractivity contribution in [2.45, 2.75) is 52.0 Å². The third-order valence-corrected chi connectivity index (χ3v) is 4.54. The number of imidazole rings is 1. The van der Waals surface area contributed by atoms with E-state index < -0.39 is 5.97 Å². The lowest BCUT2D eigenvalue weighted by molar-refractivity contribution is -0.141. The van der Waals surface area contributed by atoms with Crippen molar-refractivity contribution in [3.63, 3.8) is 0 Å². The molecule has 1 heterocycles. The molecular weight excluding hydrogens is 264 g/mol. The lowest BCUT2D eigenvalue weighted by Gasteiger charge is -2.17. The number of aryl methyl sites for hydroxylation is 1. The summed E-state index contributed by atoms with van der Waals surface area (Å²) in [5.41, 5.74) is 3.39. The molecule has 0 spiro atoms. The molecule has 3 rings (SSSR count). The normalized spacial score (nSPS) is 22.3. The van der Waals surface area contributed by atoms with Gasteiger partial charge in [-0.25, -0.2) is 4.98 Å². The Morgan fingerprint density at radius 1 is 1.38 bits per heavy atom. The topological polar surface area (TPSA) is 55.1 Å². The van der Waals surface area contributed by atoms with Crippen molar-refractivity contribution in [2.75, 3.05) is 0 Å². The summed E-state index contributed by atoms with van der Waals surface area (Å²) in [7, 11) is 0. The summed E-state index contributed by atoms with van der Waals surface area (Å²) in [6.45, 7) is 6.39. The quantitative estimate of drug-likeness (QED) is 0.931. The summed E-state index contributed by atoms with van der Waals surface area (Å²) in [5, 5.41) is 9.21. The number of nitrogens with zero attached hydrogens (tertiary/aromatic N) is 2. The smallest absolute Gasteiger partial charge is 0.306 e. The molecule has 4 heteroatoms. The van der Waals surface area contributed by atoms with Gasteiger partial charge < -0.3 is 9.67 Å². The SMILES string of the molecule is Cc1ccc2c(c1)nc(C1CCC(C(=O)O)C1)n2C(C)C. The predicted octanol–water partition coefficient (Wildman–Crippen LogP) is 3.89. The third-order valence-electron chi connectivity index (χ3n) is 4.54. The van der Waals surface area contributed by atoms with E-state index in [0.717, 1.165) is 29.7 Å². The second kappa shape index (κ2) is 5.17. The van der Waals surface area contributed by atoms with Gasteiger partial charge in [-0.3, -0.25) is 4.79 Å². The molecule has 2 atom stereocenters. The molecule has 21 heavy (non-hydrogen) atoms. The van der Waals surface area contributed by atoms with Gasteiger partial charge in [-0.15, -0.1) is 0 Å². The zero-order chi connectivity index (χ0) is 15.1. The first-order valence-corrected chi connectivity index (χ1v) is 7.68. The number of carboxylic acid groups (broad SMARTS) is 1. The maximum absolute atomic E-state index is 11.2. The molecule has 2 aromatic rings. The summed E-state index contributed by atoms with van der Waals surface area (Å²) in [6.07, 6.45) is 2.40. The molecule has 0 bridgehead atoms. The van der Waals surface area contributed by atoms with Gasteiger partial charge in [0.25, 0.3) is 0 Å². The molecule has 0 radical (unpaired) electrons. The number of aliphatic carboxylic acids is 1. The molecule has 1 aromatic heterocycles. The molecule has 1 aliphatic carbocycles. The van der Waals surface area contributed by atoms with Gasteiger partial charge >= 0.3 is 5.97 Å². The molecule has 1 aromatic carbocycles. The summed E-state index contributed by atoms with van der Waals surface area (Å²) in [5.74, 6) is 0.452. The highest BCUT2D eigenvalue weighted by atomic mass is 16.4. The van der Waals surface area contributed by atoms with Crippen LogP contribution in [0.25, 0.3) is 11.0 Å². The highest BCUT2D eigenvalue weighted by molar-refractivity contribution is 5.77. The van der Waals surface area contributed by atoms with Gasteiger partial charge in [0.1, 0.15) is 5.82 Å². The van der Waals surface area contributed by atoms with Gasteiger partial charge in [0.2, 0.25) is 0 Å². The molecule has 1 saturated carbocycles. The van der Waals surface area contributed by atoms with Crippen molar-refractivity contribution < 1.29 is 9.90 Å².